The summed E-state index contributed by atoms with van der Waals surface area (Å²) in [5.74, 6) is -1.45. The van der Waals surface area contributed by atoms with Gasteiger partial charge in [-0.05, 0) is 0 Å². The third-order valence-corrected chi connectivity index (χ3v) is 2.20. The first-order valence-electron chi connectivity index (χ1n) is 5.64. The van der Waals surface area contributed by atoms with Crippen molar-refractivity contribution in [2.45, 2.75) is 0 Å². The lowest BCUT2D eigenvalue weighted by Gasteiger charge is -2.24. The zero-order valence-corrected chi connectivity index (χ0v) is 10.4. The molecule has 0 saturated carbocycles. The Labute approximate surface area is 107 Å². The number of aliphatic hydroxyl groups is 2. The van der Waals surface area contributed by atoms with E-state index in [1.54, 1.807) is 0 Å². The Morgan fingerprint density at radius 2 is 1.28 bits per heavy atom. The van der Waals surface area contributed by atoms with Crippen molar-refractivity contribution in [3.05, 3.63) is 25.3 Å². The van der Waals surface area contributed by atoms with Gasteiger partial charge in [-0.15, -0.1) is 13.2 Å². The molecule has 0 aliphatic heterocycles. The molecule has 0 saturated heterocycles. The summed E-state index contributed by atoms with van der Waals surface area (Å²) in [6.45, 7) is 7.00. The van der Waals surface area contributed by atoms with Crippen LogP contribution in [0.3, 0.4) is 0 Å². The van der Waals surface area contributed by atoms with E-state index in [0.29, 0.717) is 0 Å². The summed E-state index contributed by atoms with van der Waals surface area (Å²) in [6, 6.07) is 0. The zero-order chi connectivity index (χ0) is 14.0. The molecule has 18 heavy (non-hydrogen) atoms. The normalized spacial score (nSPS) is 9.67. The van der Waals surface area contributed by atoms with E-state index < -0.39 is 11.8 Å². The van der Waals surface area contributed by atoms with Gasteiger partial charge in [0.05, 0.1) is 13.2 Å². The standard InChI is InChI=1S/C12H20N2O4/c1-3-5-13(6-4-2)11(17)12(18)14(7-9-15)8-10-16/h3-4,15-16H,1-2,5-10H2. The predicted octanol–water partition coefficient (Wildman–Crippen LogP) is -1.000. The molecule has 0 bridgehead atoms. The zero-order valence-electron chi connectivity index (χ0n) is 10.4. The maximum absolute atomic E-state index is 11.9. The van der Waals surface area contributed by atoms with E-state index in [1.807, 2.05) is 0 Å². The number of hydrogen-bond acceptors (Lipinski definition) is 4. The summed E-state index contributed by atoms with van der Waals surface area (Å²) >= 11 is 0. The predicted molar refractivity (Wildman–Crippen MR) is 67.7 cm³/mol. The van der Waals surface area contributed by atoms with Crippen LogP contribution < -0.4 is 0 Å². The van der Waals surface area contributed by atoms with Crippen molar-refractivity contribution in [3.8, 4) is 0 Å². The van der Waals surface area contributed by atoms with Crippen molar-refractivity contribution >= 4 is 11.8 Å². The average molecular weight is 256 g/mol. The number of carbonyl (C=O) groups is 2. The van der Waals surface area contributed by atoms with Gasteiger partial charge in [-0.3, -0.25) is 9.59 Å². The molecule has 0 heterocycles. The number of aliphatic hydroxyl groups excluding tert-OH is 2. The molecular formula is C12H20N2O4. The van der Waals surface area contributed by atoms with Crippen LogP contribution in [-0.4, -0.2) is 71.2 Å². The van der Waals surface area contributed by atoms with Crippen molar-refractivity contribution in [2.24, 2.45) is 0 Å². The second kappa shape index (κ2) is 9.38. The summed E-state index contributed by atoms with van der Waals surface area (Å²) in [6.07, 6.45) is 3.02. The molecule has 0 aromatic rings. The van der Waals surface area contributed by atoms with Gasteiger partial charge < -0.3 is 20.0 Å². The Morgan fingerprint density at radius 3 is 1.61 bits per heavy atom. The molecule has 0 aliphatic carbocycles. The highest BCUT2D eigenvalue weighted by atomic mass is 16.3. The minimum Gasteiger partial charge on any atom is -0.395 e. The molecule has 0 aromatic heterocycles. The van der Waals surface area contributed by atoms with Gasteiger partial charge in [0.2, 0.25) is 0 Å². The minimum absolute atomic E-state index is 0.0150. The number of rotatable bonds is 8. The van der Waals surface area contributed by atoms with Crippen LogP contribution in [0.4, 0.5) is 0 Å². The summed E-state index contributed by atoms with van der Waals surface area (Å²) in [4.78, 5) is 26.1. The Kier molecular flexibility index (Phi) is 8.51. The van der Waals surface area contributed by atoms with Crippen molar-refractivity contribution in [3.63, 3.8) is 0 Å². The van der Waals surface area contributed by atoms with Gasteiger partial charge in [0, 0.05) is 26.2 Å². The molecule has 0 spiro atoms. The molecule has 2 amide bonds. The quantitative estimate of drug-likeness (QED) is 0.431. The van der Waals surface area contributed by atoms with Crippen molar-refractivity contribution < 1.29 is 19.8 Å². The van der Waals surface area contributed by atoms with E-state index >= 15 is 0 Å². The molecular weight excluding hydrogens is 236 g/mol. The third-order valence-electron chi connectivity index (χ3n) is 2.20. The first-order valence-corrected chi connectivity index (χ1v) is 5.64. The van der Waals surface area contributed by atoms with Gasteiger partial charge in [0.1, 0.15) is 0 Å². The fourth-order valence-corrected chi connectivity index (χ4v) is 1.38. The van der Waals surface area contributed by atoms with Crippen LogP contribution >= 0.6 is 0 Å². The molecule has 6 nitrogen and oxygen atoms in total. The van der Waals surface area contributed by atoms with E-state index in [1.165, 1.54) is 17.1 Å². The molecule has 0 radical (unpaired) electrons. The van der Waals surface area contributed by atoms with Gasteiger partial charge in [-0.2, -0.15) is 0 Å². The summed E-state index contributed by atoms with van der Waals surface area (Å²) in [5, 5.41) is 17.6. The van der Waals surface area contributed by atoms with Crippen LogP contribution in [0.1, 0.15) is 0 Å². The third kappa shape index (κ3) is 5.11. The van der Waals surface area contributed by atoms with E-state index in [2.05, 4.69) is 13.2 Å². The maximum Gasteiger partial charge on any atom is 0.312 e. The van der Waals surface area contributed by atoms with E-state index in [0.717, 1.165) is 4.90 Å². The van der Waals surface area contributed by atoms with Crippen LogP contribution in [0.5, 0.6) is 0 Å². The number of hydrogen-bond donors (Lipinski definition) is 2. The van der Waals surface area contributed by atoms with Crippen LogP contribution in [0.2, 0.25) is 0 Å². The first-order chi connectivity index (χ1) is 8.62. The second-order valence-corrected chi connectivity index (χ2v) is 3.53. The highest BCUT2D eigenvalue weighted by molar-refractivity contribution is 6.34. The minimum atomic E-state index is -0.748. The van der Waals surface area contributed by atoms with Crippen LogP contribution in [0.15, 0.2) is 25.3 Å². The molecule has 0 aromatic carbocycles. The van der Waals surface area contributed by atoms with E-state index in [-0.39, 0.29) is 39.4 Å². The highest BCUT2D eigenvalue weighted by Crippen LogP contribution is 1.98. The van der Waals surface area contributed by atoms with E-state index in [4.69, 9.17) is 10.2 Å². The summed E-state index contributed by atoms with van der Waals surface area (Å²) in [5.41, 5.74) is 0. The fourth-order valence-electron chi connectivity index (χ4n) is 1.38. The molecule has 0 unspecified atom stereocenters. The smallest absolute Gasteiger partial charge is 0.312 e. The molecule has 2 N–H and O–H groups in total. The largest absolute Gasteiger partial charge is 0.395 e. The molecule has 102 valence electrons. The van der Waals surface area contributed by atoms with Crippen LogP contribution in [-0.2, 0) is 9.59 Å². The second-order valence-electron chi connectivity index (χ2n) is 3.53. The topological polar surface area (TPSA) is 81.1 Å². The van der Waals surface area contributed by atoms with Crippen molar-refractivity contribution in [2.75, 3.05) is 39.4 Å². The lowest BCUT2D eigenvalue weighted by Crippen LogP contribution is -2.47. The summed E-state index contributed by atoms with van der Waals surface area (Å²) in [7, 11) is 0. The van der Waals surface area contributed by atoms with Gasteiger partial charge in [-0.1, -0.05) is 12.2 Å². The van der Waals surface area contributed by atoms with Crippen LogP contribution in [0, 0.1) is 0 Å². The SMILES string of the molecule is C=CCN(CC=C)C(=O)C(=O)N(CCO)CCO. The highest BCUT2D eigenvalue weighted by Gasteiger charge is 2.25. The first kappa shape index (κ1) is 16.3. The lowest BCUT2D eigenvalue weighted by molar-refractivity contribution is -0.151. The van der Waals surface area contributed by atoms with Gasteiger partial charge in [0.15, 0.2) is 0 Å². The number of carbonyl (C=O) groups excluding carboxylic acids is 2. The lowest BCUT2D eigenvalue weighted by atomic mass is 10.3. The van der Waals surface area contributed by atoms with Crippen molar-refractivity contribution in [1.82, 2.24) is 9.80 Å². The van der Waals surface area contributed by atoms with Crippen molar-refractivity contribution in [1.29, 1.82) is 0 Å². The Balaban J connectivity index is 4.72. The average Bonchev–Trinajstić information content (AvgIpc) is 2.36. The number of nitrogens with zero attached hydrogens (tertiary/aromatic N) is 2. The van der Waals surface area contributed by atoms with E-state index in [9.17, 15) is 9.59 Å². The monoisotopic (exact) mass is 256 g/mol. The fraction of sp³-hybridized carbons (Fsp3) is 0.500. The van der Waals surface area contributed by atoms with Crippen LogP contribution in [0.25, 0.3) is 0 Å². The Hall–Kier alpha value is -1.66. The summed E-state index contributed by atoms with van der Waals surface area (Å²) < 4.78 is 0. The molecule has 0 fully saturated rings. The maximum atomic E-state index is 11.9. The van der Waals surface area contributed by atoms with Gasteiger partial charge in [-0.25, -0.2) is 0 Å². The molecule has 0 rings (SSSR count). The van der Waals surface area contributed by atoms with Gasteiger partial charge >= 0.3 is 11.8 Å². The molecule has 6 heteroatoms. The Bertz CT molecular complexity index is 288. The molecule has 0 atom stereocenters. The Morgan fingerprint density at radius 1 is 0.889 bits per heavy atom. The number of amides is 2. The van der Waals surface area contributed by atoms with Gasteiger partial charge in [0.25, 0.3) is 0 Å². The molecule has 0 aliphatic rings.